The van der Waals surface area contributed by atoms with Crippen LogP contribution in [0.4, 0.5) is 0 Å². The highest BCUT2D eigenvalue weighted by molar-refractivity contribution is 4.88. The minimum absolute atomic E-state index is 0.157. The standard InChI is InChI=1S/C15H32N2O/c1-12-6-8-14(9-7-12)17(5)13(2)10-15(3,11-18)16-4/h12-14,16,18H,6-11H2,1-5H3. The number of aliphatic hydroxyl groups excluding tert-OH is 1. The number of hydrogen-bond donors (Lipinski definition) is 2. The number of rotatable bonds is 6. The Hall–Kier alpha value is -0.120. The molecule has 0 heterocycles. The lowest BCUT2D eigenvalue weighted by molar-refractivity contribution is 0.0889. The summed E-state index contributed by atoms with van der Waals surface area (Å²) in [6.07, 6.45) is 6.38. The van der Waals surface area contributed by atoms with E-state index in [2.05, 4.69) is 38.0 Å². The molecule has 3 nitrogen and oxygen atoms in total. The summed E-state index contributed by atoms with van der Waals surface area (Å²) in [4.78, 5) is 2.52. The maximum atomic E-state index is 9.48. The first-order valence-corrected chi connectivity index (χ1v) is 7.43. The van der Waals surface area contributed by atoms with E-state index >= 15 is 0 Å². The highest BCUT2D eigenvalue weighted by atomic mass is 16.3. The van der Waals surface area contributed by atoms with Crippen molar-refractivity contribution >= 4 is 0 Å². The molecule has 3 heteroatoms. The summed E-state index contributed by atoms with van der Waals surface area (Å²) in [5.74, 6) is 0.907. The van der Waals surface area contributed by atoms with Crippen molar-refractivity contribution in [3.63, 3.8) is 0 Å². The quantitative estimate of drug-likeness (QED) is 0.765. The van der Waals surface area contributed by atoms with Crippen LogP contribution in [0.15, 0.2) is 0 Å². The maximum Gasteiger partial charge on any atom is 0.0611 e. The molecule has 1 rings (SSSR count). The predicted molar refractivity (Wildman–Crippen MR) is 77.8 cm³/mol. The molecule has 0 saturated heterocycles. The molecule has 0 bridgehead atoms. The van der Waals surface area contributed by atoms with Gasteiger partial charge in [-0.1, -0.05) is 6.92 Å². The van der Waals surface area contributed by atoms with Gasteiger partial charge < -0.3 is 15.3 Å². The molecule has 0 aromatic carbocycles. The molecule has 1 saturated carbocycles. The summed E-state index contributed by atoms with van der Waals surface area (Å²) in [5.41, 5.74) is -0.157. The van der Waals surface area contributed by atoms with Crippen molar-refractivity contribution < 1.29 is 5.11 Å². The third-order valence-electron chi connectivity index (χ3n) is 4.96. The van der Waals surface area contributed by atoms with E-state index in [1.165, 1.54) is 25.7 Å². The van der Waals surface area contributed by atoms with Gasteiger partial charge in [0, 0.05) is 17.6 Å². The Morgan fingerprint density at radius 2 is 1.89 bits per heavy atom. The Balaban J connectivity index is 2.48. The van der Waals surface area contributed by atoms with E-state index in [9.17, 15) is 5.11 Å². The predicted octanol–water partition coefficient (Wildman–Crippen LogP) is 2.25. The van der Waals surface area contributed by atoms with E-state index in [-0.39, 0.29) is 12.1 Å². The molecule has 1 aliphatic carbocycles. The first kappa shape index (κ1) is 15.9. The van der Waals surface area contributed by atoms with Crippen LogP contribution in [0, 0.1) is 5.92 Å². The molecule has 18 heavy (non-hydrogen) atoms. The van der Waals surface area contributed by atoms with Crippen LogP contribution in [-0.4, -0.2) is 48.3 Å². The fraction of sp³-hybridized carbons (Fsp3) is 1.00. The van der Waals surface area contributed by atoms with Crippen LogP contribution in [0.2, 0.25) is 0 Å². The van der Waals surface area contributed by atoms with Gasteiger partial charge in [-0.15, -0.1) is 0 Å². The van der Waals surface area contributed by atoms with Crippen LogP contribution in [-0.2, 0) is 0 Å². The van der Waals surface area contributed by atoms with Gasteiger partial charge in [-0.2, -0.15) is 0 Å². The summed E-state index contributed by atoms with van der Waals surface area (Å²) in [6, 6.07) is 1.24. The molecule has 2 atom stereocenters. The summed E-state index contributed by atoms with van der Waals surface area (Å²) in [6.45, 7) is 6.94. The number of likely N-dealkylation sites (N-methyl/N-ethyl adjacent to an activating group) is 1. The summed E-state index contributed by atoms with van der Waals surface area (Å²) in [5, 5.41) is 12.7. The fourth-order valence-corrected chi connectivity index (χ4v) is 3.05. The average Bonchev–Trinajstić information content (AvgIpc) is 2.38. The smallest absolute Gasteiger partial charge is 0.0611 e. The lowest BCUT2D eigenvalue weighted by atomic mass is 9.85. The second kappa shape index (κ2) is 6.88. The zero-order valence-corrected chi connectivity index (χ0v) is 12.9. The van der Waals surface area contributed by atoms with Crippen LogP contribution in [0.5, 0.6) is 0 Å². The topological polar surface area (TPSA) is 35.5 Å². The van der Waals surface area contributed by atoms with Crippen LogP contribution in [0.1, 0.15) is 52.9 Å². The molecule has 2 N–H and O–H groups in total. The molecule has 0 aromatic rings. The van der Waals surface area contributed by atoms with Gasteiger partial charge in [0.15, 0.2) is 0 Å². The second-order valence-corrected chi connectivity index (χ2v) is 6.60. The molecule has 0 amide bonds. The third-order valence-corrected chi connectivity index (χ3v) is 4.96. The summed E-state index contributed by atoms with van der Waals surface area (Å²) in [7, 11) is 4.18. The first-order valence-electron chi connectivity index (χ1n) is 7.43. The molecule has 108 valence electrons. The van der Waals surface area contributed by atoms with Crippen LogP contribution in [0.25, 0.3) is 0 Å². The van der Waals surface area contributed by atoms with E-state index in [1.54, 1.807) is 0 Å². The normalized spacial score (nSPS) is 30.2. The Labute approximate surface area is 113 Å². The number of hydrogen-bond acceptors (Lipinski definition) is 3. The SMILES string of the molecule is CNC(C)(CO)CC(C)N(C)C1CCC(C)CC1. The van der Waals surface area contributed by atoms with E-state index in [4.69, 9.17) is 0 Å². The summed E-state index contributed by atoms with van der Waals surface area (Å²) < 4.78 is 0. The van der Waals surface area contributed by atoms with Crippen molar-refractivity contribution in [2.24, 2.45) is 5.92 Å². The highest BCUT2D eigenvalue weighted by Crippen LogP contribution is 2.28. The number of aliphatic hydroxyl groups is 1. The van der Waals surface area contributed by atoms with Gasteiger partial charge in [-0.25, -0.2) is 0 Å². The Kier molecular flexibility index (Phi) is 6.09. The molecule has 0 radical (unpaired) electrons. The van der Waals surface area contributed by atoms with Crippen LogP contribution >= 0.6 is 0 Å². The van der Waals surface area contributed by atoms with Gasteiger partial charge in [0.2, 0.25) is 0 Å². The van der Waals surface area contributed by atoms with Gasteiger partial charge in [0.05, 0.1) is 6.61 Å². The molecule has 2 unspecified atom stereocenters. The Morgan fingerprint density at radius 1 is 1.33 bits per heavy atom. The van der Waals surface area contributed by atoms with Crippen LogP contribution < -0.4 is 5.32 Å². The zero-order chi connectivity index (χ0) is 13.8. The van der Waals surface area contributed by atoms with E-state index < -0.39 is 0 Å². The molecular formula is C15H32N2O. The highest BCUT2D eigenvalue weighted by Gasteiger charge is 2.29. The van der Waals surface area contributed by atoms with Crippen LogP contribution in [0.3, 0.4) is 0 Å². The van der Waals surface area contributed by atoms with Gasteiger partial charge in [-0.3, -0.25) is 0 Å². The fourth-order valence-electron chi connectivity index (χ4n) is 3.05. The number of nitrogens with zero attached hydrogens (tertiary/aromatic N) is 1. The summed E-state index contributed by atoms with van der Waals surface area (Å²) >= 11 is 0. The zero-order valence-electron chi connectivity index (χ0n) is 12.9. The van der Waals surface area contributed by atoms with Crippen molar-refractivity contribution in [2.75, 3.05) is 20.7 Å². The van der Waals surface area contributed by atoms with E-state index in [1.807, 2.05) is 7.05 Å². The average molecular weight is 256 g/mol. The van der Waals surface area contributed by atoms with Crippen molar-refractivity contribution in [1.82, 2.24) is 10.2 Å². The van der Waals surface area contributed by atoms with E-state index in [0.29, 0.717) is 6.04 Å². The number of nitrogens with one attached hydrogen (secondary N) is 1. The maximum absolute atomic E-state index is 9.48. The van der Waals surface area contributed by atoms with Gasteiger partial charge in [0.1, 0.15) is 0 Å². The molecule has 1 aliphatic rings. The molecular weight excluding hydrogens is 224 g/mol. The monoisotopic (exact) mass is 256 g/mol. The van der Waals surface area contributed by atoms with Crippen molar-refractivity contribution in [3.8, 4) is 0 Å². The lowest BCUT2D eigenvalue weighted by Gasteiger charge is -2.40. The minimum Gasteiger partial charge on any atom is -0.394 e. The Morgan fingerprint density at radius 3 is 2.33 bits per heavy atom. The third kappa shape index (κ3) is 4.22. The van der Waals surface area contributed by atoms with Gasteiger partial charge in [0.25, 0.3) is 0 Å². The molecule has 0 aliphatic heterocycles. The Bertz CT molecular complexity index is 233. The lowest BCUT2D eigenvalue weighted by Crippen LogP contribution is -2.50. The van der Waals surface area contributed by atoms with E-state index in [0.717, 1.165) is 18.4 Å². The second-order valence-electron chi connectivity index (χ2n) is 6.60. The first-order chi connectivity index (χ1) is 8.41. The molecule has 1 fully saturated rings. The molecule has 0 spiro atoms. The molecule has 0 aromatic heterocycles. The largest absolute Gasteiger partial charge is 0.394 e. The van der Waals surface area contributed by atoms with Crippen molar-refractivity contribution in [3.05, 3.63) is 0 Å². The van der Waals surface area contributed by atoms with Gasteiger partial charge >= 0.3 is 0 Å². The van der Waals surface area contributed by atoms with Gasteiger partial charge in [-0.05, 0) is 66.0 Å². The minimum atomic E-state index is -0.157. The van der Waals surface area contributed by atoms with Crippen molar-refractivity contribution in [1.29, 1.82) is 0 Å². The van der Waals surface area contributed by atoms with Crippen molar-refractivity contribution in [2.45, 2.75) is 70.5 Å².